The van der Waals surface area contributed by atoms with Gasteiger partial charge in [0.25, 0.3) is 5.95 Å². The summed E-state index contributed by atoms with van der Waals surface area (Å²) in [5.41, 5.74) is 1.81. The third-order valence-electron chi connectivity index (χ3n) is 4.58. The Balaban J connectivity index is 1.54. The number of aryl methyl sites for hydroxylation is 2. The van der Waals surface area contributed by atoms with E-state index in [-0.39, 0.29) is 17.7 Å². The number of carbonyl (C=O) groups excluding carboxylic acids is 1. The Bertz CT molecular complexity index is 762. The lowest BCUT2D eigenvalue weighted by Crippen LogP contribution is -2.45. The fraction of sp³-hybridized carbons (Fsp3) is 0.625. The second-order valence-corrected chi connectivity index (χ2v) is 7.50. The first kappa shape index (κ1) is 18.7. The van der Waals surface area contributed by atoms with Gasteiger partial charge in [0.2, 0.25) is 11.1 Å². The molecule has 0 radical (unpaired) electrons. The van der Waals surface area contributed by atoms with Gasteiger partial charge in [-0.05, 0) is 39.3 Å². The van der Waals surface area contributed by atoms with Gasteiger partial charge in [-0.3, -0.25) is 4.79 Å². The summed E-state index contributed by atoms with van der Waals surface area (Å²) in [4.78, 5) is 14.6. The Hall–Kier alpha value is -2.07. The number of nitrogens with two attached hydrogens (primary N) is 1. The van der Waals surface area contributed by atoms with Crippen LogP contribution in [0.5, 0.6) is 0 Å². The molecule has 0 aliphatic carbocycles. The van der Waals surface area contributed by atoms with Crippen molar-refractivity contribution in [3.8, 4) is 5.95 Å². The number of thioether (sulfide) groups is 1. The number of rotatable bonds is 6. The van der Waals surface area contributed by atoms with Crippen molar-refractivity contribution < 1.29 is 4.79 Å². The Morgan fingerprint density at radius 1 is 1.35 bits per heavy atom. The molecule has 0 unspecified atom stereocenters. The molecule has 1 aliphatic heterocycles. The summed E-state index contributed by atoms with van der Waals surface area (Å²) in [6, 6.07) is 2.20. The van der Waals surface area contributed by atoms with Crippen molar-refractivity contribution in [1.82, 2.24) is 34.9 Å². The lowest BCUT2D eigenvalue weighted by molar-refractivity contribution is -0.119. The van der Waals surface area contributed by atoms with Gasteiger partial charge in [-0.2, -0.15) is 5.10 Å². The van der Waals surface area contributed by atoms with Crippen LogP contribution in [0.1, 0.15) is 31.2 Å². The normalized spacial score (nSPS) is 16.1. The van der Waals surface area contributed by atoms with Gasteiger partial charge < -0.3 is 16.1 Å². The first-order chi connectivity index (χ1) is 12.5. The average molecular weight is 379 g/mol. The van der Waals surface area contributed by atoms with Crippen molar-refractivity contribution in [2.45, 2.75) is 44.8 Å². The molecule has 26 heavy (non-hydrogen) atoms. The predicted molar refractivity (Wildman–Crippen MR) is 101 cm³/mol. The number of nitrogen functional groups attached to an aromatic ring is 1. The zero-order valence-corrected chi connectivity index (χ0v) is 16.3. The summed E-state index contributed by atoms with van der Waals surface area (Å²) < 4.78 is 3.02. The first-order valence-electron chi connectivity index (χ1n) is 8.86. The summed E-state index contributed by atoms with van der Waals surface area (Å²) >= 11 is 1.28. The maximum Gasteiger partial charge on any atom is 0.271 e. The van der Waals surface area contributed by atoms with Crippen LogP contribution in [-0.2, 0) is 4.79 Å². The molecule has 0 spiro atoms. The molecule has 3 N–H and O–H groups in total. The number of hydrogen-bond acceptors (Lipinski definition) is 7. The molecule has 3 heterocycles. The molecular weight excluding hydrogens is 352 g/mol. The van der Waals surface area contributed by atoms with Gasteiger partial charge in [0.15, 0.2) is 0 Å². The second kappa shape index (κ2) is 8.09. The fourth-order valence-electron chi connectivity index (χ4n) is 3.14. The van der Waals surface area contributed by atoms with Crippen LogP contribution in [0.2, 0.25) is 0 Å². The Labute approximate surface area is 157 Å². The Morgan fingerprint density at radius 2 is 2.08 bits per heavy atom. The number of amides is 1. The highest BCUT2D eigenvalue weighted by Gasteiger charge is 2.20. The molecule has 1 amide bonds. The Morgan fingerprint density at radius 3 is 2.69 bits per heavy atom. The SMILES string of the molecule is CCN1CCC(NC(=O)CSc2nnc(-n3nc(C)cc3C)n2N)CC1. The van der Waals surface area contributed by atoms with E-state index in [2.05, 4.69) is 32.4 Å². The van der Waals surface area contributed by atoms with Gasteiger partial charge in [-0.25, -0.2) is 9.36 Å². The minimum absolute atomic E-state index is 0.000567. The predicted octanol–water partition coefficient (Wildman–Crippen LogP) is 0.487. The highest BCUT2D eigenvalue weighted by atomic mass is 32.2. The molecule has 3 rings (SSSR count). The second-order valence-electron chi connectivity index (χ2n) is 6.56. The van der Waals surface area contributed by atoms with Crippen LogP contribution in [0.3, 0.4) is 0 Å². The molecule has 9 nitrogen and oxygen atoms in total. The zero-order valence-electron chi connectivity index (χ0n) is 15.5. The number of nitrogens with one attached hydrogen (secondary N) is 1. The molecule has 0 aromatic carbocycles. The molecule has 1 aliphatic rings. The van der Waals surface area contributed by atoms with E-state index in [4.69, 9.17) is 5.84 Å². The highest BCUT2D eigenvalue weighted by molar-refractivity contribution is 7.99. The van der Waals surface area contributed by atoms with E-state index in [1.165, 1.54) is 16.4 Å². The number of likely N-dealkylation sites (tertiary alicyclic amines) is 1. The lowest BCUT2D eigenvalue weighted by Gasteiger charge is -2.31. The maximum atomic E-state index is 12.2. The van der Waals surface area contributed by atoms with Gasteiger partial charge in [-0.15, -0.1) is 10.2 Å². The van der Waals surface area contributed by atoms with Crippen molar-refractivity contribution >= 4 is 17.7 Å². The molecule has 0 saturated carbocycles. The van der Waals surface area contributed by atoms with E-state index >= 15 is 0 Å². The summed E-state index contributed by atoms with van der Waals surface area (Å²) in [6.07, 6.45) is 2.00. The molecule has 1 saturated heterocycles. The molecular formula is C16H26N8OS. The van der Waals surface area contributed by atoms with E-state index in [0.29, 0.717) is 11.1 Å². The smallest absolute Gasteiger partial charge is 0.271 e. The van der Waals surface area contributed by atoms with Gasteiger partial charge in [0.1, 0.15) is 0 Å². The molecule has 2 aromatic heterocycles. The van der Waals surface area contributed by atoms with Crippen LogP contribution in [0.4, 0.5) is 0 Å². The molecule has 1 fully saturated rings. The van der Waals surface area contributed by atoms with Crippen molar-refractivity contribution in [2.24, 2.45) is 0 Å². The topological polar surface area (TPSA) is 107 Å². The number of aromatic nitrogens is 5. The van der Waals surface area contributed by atoms with Crippen molar-refractivity contribution in [3.63, 3.8) is 0 Å². The third kappa shape index (κ3) is 4.18. The number of carbonyl (C=O) groups is 1. The third-order valence-corrected chi connectivity index (χ3v) is 5.52. The zero-order chi connectivity index (χ0) is 18.7. The largest absolute Gasteiger partial charge is 0.353 e. The summed E-state index contributed by atoms with van der Waals surface area (Å²) in [7, 11) is 0. The summed E-state index contributed by atoms with van der Waals surface area (Å²) in [5, 5.41) is 16.1. The minimum atomic E-state index is 0.000567. The van der Waals surface area contributed by atoms with Gasteiger partial charge in [0, 0.05) is 24.8 Å². The maximum absolute atomic E-state index is 12.2. The summed E-state index contributed by atoms with van der Waals surface area (Å²) in [6.45, 7) is 9.15. The van der Waals surface area contributed by atoms with E-state index in [0.717, 1.165) is 43.9 Å². The Kier molecular flexibility index (Phi) is 5.82. The van der Waals surface area contributed by atoms with E-state index in [9.17, 15) is 4.79 Å². The standard InChI is InChI=1S/C16H26N8OS/c1-4-22-7-5-13(6-8-22)18-14(25)10-26-16-20-19-15(23(16)17)24-12(3)9-11(2)21-24/h9,13H,4-8,10,17H2,1-3H3,(H,18,25). The van der Waals surface area contributed by atoms with E-state index in [1.807, 2.05) is 19.9 Å². The quantitative estimate of drug-likeness (QED) is 0.556. The van der Waals surface area contributed by atoms with Crippen LogP contribution >= 0.6 is 11.8 Å². The van der Waals surface area contributed by atoms with Crippen molar-refractivity contribution in [3.05, 3.63) is 17.5 Å². The number of piperidine rings is 1. The average Bonchev–Trinajstić information content (AvgIpc) is 3.15. The first-order valence-corrected chi connectivity index (χ1v) is 9.85. The van der Waals surface area contributed by atoms with Gasteiger partial charge in [-0.1, -0.05) is 18.7 Å². The van der Waals surface area contributed by atoms with Crippen LogP contribution in [0.25, 0.3) is 5.95 Å². The monoisotopic (exact) mass is 378 g/mol. The molecule has 0 bridgehead atoms. The van der Waals surface area contributed by atoms with Crippen LogP contribution in [-0.4, -0.2) is 66.9 Å². The molecule has 2 aromatic rings. The van der Waals surface area contributed by atoms with Crippen molar-refractivity contribution in [1.29, 1.82) is 0 Å². The minimum Gasteiger partial charge on any atom is -0.353 e. The fourth-order valence-corrected chi connectivity index (χ4v) is 3.80. The highest BCUT2D eigenvalue weighted by Crippen LogP contribution is 2.18. The van der Waals surface area contributed by atoms with Gasteiger partial charge in [0.05, 0.1) is 11.4 Å². The van der Waals surface area contributed by atoms with E-state index < -0.39 is 0 Å². The molecule has 142 valence electrons. The molecule has 0 atom stereocenters. The van der Waals surface area contributed by atoms with E-state index in [1.54, 1.807) is 4.68 Å². The van der Waals surface area contributed by atoms with Crippen LogP contribution in [0, 0.1) is 13.8 Å². The van der Waals surface area contributed by atoms with Crippen molar-refractivity contribution in [2.75, 3.05) is 31.2 Å². The number of hydrogen-bond donors (Lipinski definition) is 2. The van der Waals surface area contributed by atoms with Crippen LogP contribution in [0.15, 0.2) is 11.2 Å². The number of nitrogens with zero attached hydrogens (tertiary/aromatic N) is 6. The summed E-state index contributed by atoms with van der Waals surface area (Å²) in [5.74, 6) is 6.79. The lowest BCUT2D eigenvalue weighted by atomic mass is 10.1. The molecule has 10 heteroatoms. The van der Waals surface area contributed by atoms with Crippen LogP contribution < -0.4 is 11.2 Å². The van der Waals surface area contributed by atoms with Gasteiger partial charge >= 0.3 is 0 Å².